The summed E-state index contributed by atoms with van der Waals surface area (Å²) in [5.74, 6) is 1.45. The lowest BCUT2D eigenvalue weighted by Crippen LogP contribution is -1.96. The van der Waals surface area contributed by atoms with Crippen molar-refractivity contribution >= 4 is 23.2 Å². The zero-order valence-corrected chi connectivity index (χ0v) is 19.0. The van der Waals surface area contributed by atoms with Gasteiger partial charge in [-0.15, -0.1) is 0 Å². The molecule has 0 heterocycles. The number of aromatic hydroxyl groups is 2. The number of hydrogen-bond acceptors (Lipinski definition) is 2. The van der Waals surface area contributed by atoms with E-state index in [1.54, 1.807) is 12.1 Å². The van der Waals surface area contributed by atoms with E-state index in [-0.39, 0.29) is 0 Å². The van der Waals surface area contributed by atoms with Gasteiger partial charge in [-0.05, 0) is 85.9 Å². The molecule has 2 aromatic carbocycles. The molecule has 0 atom stereocenters. The maximum Gasteiger partial charge on any atom is 0.119 e. The Hall–Kier alpha value is -1.38. The van der Waals surface area contributed by atoms with Crippen LogP contribution in [0.25, 0.3) is 0 Å². The molecule has 2 nitrogen and oxygen atoms in total. The highest BCUT2D eigenvalue weighted by atomic mass is 35.5. The number of halogens is 2. The van der Waals surface area contributed by atoms with Crippen LogP contribution in [0.5, 0.6) is 11.5 Å². The van der Waals surface area contributed by atoms with Gasteiger partial charge >= 0.3 is 0 Å². The molecule has 0 radical (unpaired) electrons. The van der Waals surface area contributed by atoms with E-state index >= 15 is 0 Å². The fraction of sp³-hybridized carbons (Fsp3) is 0.478. The van der Waals surface area contributed by atoms with Crippen molar-refractivity contribution in [1.29, 1.82) is 0 Å². The topological polar surface area (TPSA) is 40.5 Å². The standard InChI is InChI=1S/C12H17ClO.C11H15ClO/c1-4-9(5-2)10-7-11(13)8(3)6-12(10)14;1-6(2)10-8(4)11(12)7(3)5-9(10)13/h6-7,9,14H,4-5H2,1-3H3;5-6,13H,1-4H3. The van der Waals surface area contributed by atoms with Crippen LogP contribution in [0.4, 0.5) is 0 Å². The summed E-state index contributed by atoms with van der Waals surface area (Å²) in [7, 11) is 0. The lowest BCUT2D eigenvalue weighted by molar-refractivity contribution is 0.457. The Morgan fingerprint density at radius 2 is 1.37 bits per heavy atom. The Morgan fingerprint density at radius 3 is 1.85 bits per heavy atom. The van der Waals surface area contributed by atoms with E-state index in [0.717, 1.165) is 50.7 Å². The molecule has 0 saturated carbocycles. The fourth-order valence-corrected chi connectivity index (χ4v) is 3.75. The zero-order chi connectivity index (χ0) is 20.9. The van der Waals surface area contributed by atoms with Crippen LogP contribution in [0.1, 0.15) is 80.2 Å². The van der Waals surface area contributed by atoms with Crippen LogP contribution in [-0.2, 0) is 0 Å². The summed E-state index contributed by atoms with van der Waals surface area (Å²) in [4.78, 5) is 0. The molecule has 27 heavy (non-hydrogen) atoms. The van der Waals surface area contributed by atoms with Crippen LogP contribution in [0.2, 0.25) is 10.0 Å². The smallest absolute Gasteiger partial charge is 0.119 e. The van der Waals surface area contributed by atoms with E-state index in [9.17, 15) is 10.2 Å². The van der Waals surface area contributed by atoms with Crippen LogP contribution in [0, 0.1) is 20.8 Å². The Labute approximate surface area is 174 Å². The lowest BCUT2D eigenvalue weighted by atomic mass is 9.92. The highest BCUT2D eigenvalue weighted by molar-refractivity contribution is 6.32. The molecule has 0 aliphatic rings. The van der Waals surface area contributed by atoms with Crippen molar-refractivity contribution < 1.29 is 10.2 Å². The second-order valence-corrected chi connectivity index (χ2v) is 8.18. The quantitative estimate of drug-likeness (QED) is 0.534. The van der Waals surface area contributed by atoms with Crippen LogP contribution in [0.3, 0.4) is 0 Å². The van der Waals surface area contributed by atoms with E-state index in [2.05, 4.69) is 13.8 Å². The SMILES string of the molecule is CCC(CC)c1cc(Cl)c(C)cc1O.Cc1cc(O)c(C(C)C)c(C)c1Cl. The third-order valence-corrected chi connectivity index (χ3v) is 6.01. The molecule has 0 spiro atoms. The summed E-state index contributed by atoms with van der Waals surface area (Å²) >= 11 is 12.1. The lowest BCUT2D eigenvalue weighted by Gasteiger charge is -2.15. The molecule has 150 valence electrons. The molecule has 0 aliphatic heterocycles. The van der Waals surface area contributed by atoms with Gasteiger partial charge in [-0.1, -0.05) is 50.9 Å². The molecule has 0 fully saturated rings. The fourth-order valence-electron chi connectivity index (χ4n) is 3.42. The highest BCUT2D eigenvalue weighted by Crippen LogP contribution is 2.36. The Kier molecular flexibility index (Phi) is 8.98. The van der Waals surface area contributed by atoms with Crippen molar-refractivity contribution in [3.05, 3.63) is 56.1 Å². The second kappa shape index (κ2) is 10.2. The average Bonchev–Trinajstić information content (AvgIpc) is 2.58. The van der Waals surface area contributed by atoms with Crippen LogP contribution in [-0.4, -0.2) is 10.2 Å². The molecule has 0 unspecified atom stereocenters. The van der Waals surface area contributed by atoms with E-state index in [1.807, 2.05) is 40.7 Å². The maximum atomic E-state index is 9.79. The third-order valence-electron chi connectivity index (χ3n) is 5.02. The largest absolute Gasteiger partial charge is 0.508 e. The molecule has 0 aliphatic carbocycles. The first-order valence-corrected chi connectivity index (χ1v) is 10.3. The van der Waals surface area contributed by atoms with Gasteiger partial charge in [-0.25, -0.2) is 0 Å². The Bertz CT molecular complexity index is 779. The minimum absolute atomic E-state index is 0.304. The van der Waals surface area contributed by atoms with Crippen molar-refractivity contribution in [2.45, 2.75) is 73.1 Å². The summed E-state index contributed by atoms with van der Waals surface area (Å²) in [6.07, 6.45) is 2.06. The van der Waals surface area contributed by atoms with Crippen molar-refractivity contribution in [1.82, 2.24) is 0 Å². The molecule has 0 amide bonds. The molecule has 2 rings (SSSR count). The van der Waals surface area contributed by atoms with Gasteiger partial charge < -0.3 is 10.2 Å². The number of phenolic OH excluding ortho intramolecular Hbond substituents is 2. The number of rotatable bonds is 4. The van der Waals surface area contributed by atoms with Gasteiger partial charge in [0.15, 0.2) is 0 Å². The molecular formula is C23H32Cl2O2. The van der Waals surface area contributed by atoms with E-state index < -0.39 is 0 Å². The molecule has 0 aromatic heterocycles. The first kappa shape index (κ1) is 23.7. The summed E-state index contributed by atoms with van der Waals surface area (Å²) in [5.41, 5.74) is 4.79. The van der Waals surface area contributed by atoms with Gasteiger partial charge in [-0.2, -0.15) is 0 Å². The Morgan fingerprint density at radius 1 is 0.852 bits per heavy atom. The minimum Gasteiger partial charge on any atom is -0.508 e. The predicted octanol–water partition coefficient (Wildman–Crippen LogP) is 8.04. The van der Waals surface area contributed by atoms with E-state index in [1.165, 1.54) is 0 Å². The summed E-state index contributed by atoms with van der Waals surface area (Å²) < 4.78 is 0. The van der Waals surface area contributed by atoms with Crippen LogP contribution < -0.4 is 0 Å². The van der Waals surface area contributed by atoms with Gasteiger partial charge in [0.1, 0.15) is 11.5 Å². The molecular weight excluding hydrogens is 379 g/mol. The van der Waals surface area contributed by atoms with E-state index in [4.69, 9.17) is 23.2 Å². The summed E-state index contributed by atoms with van der Waals surface area (Å²) in [6.45, 7) is 14.1. The molecule has 2 N–H and O–H groups in total. The molecule has 4 heteroatoms. The predicted molar refractivity (Wildman–Crippen MR) is 118 cm³/mol. The third kappa shape index (κ3) is 5.80. The van der Waals surface area contributed by atoms with E-state index in [0.29, 0.717) is 23.3 Å². The van der Waals surface area contributed by atoms with Crippen molar-refractivity contribution in [2.24, 2.45) is 0 Å². The van der Waals surface area contributed by atoms with Crippen LogP contribution >= 0.6 is 23.2 Å². The number of hydrogen-bond donors (Lipinski definition) is 2. The van der Waals surface area contributed by atoms with Gasteiger partial charge in [0, 0.05) is 15.6 Å². The number of phenols is 2. The molecule has 2 aromatic rings. The van der Waals surface area contributed by atoms with Gasteiger partial charge in [0.2, 0.25) is 0 Å². The number of aryl methyl sites for hydroxylation is 2. The monoisotopic (exact) mass is 410 g/mol. The Balaban J connectivity index is 0.000000271. The van der Waals surface area contributed by atoms with Crippen molar-refractivity contribution in [3.63, 3.8) is 0 Å². The average molecular weight is 411 g/mol. The summed E-state index contributed by atoms with van der Waals surface area (Å²) in [5, 5.41) is 21.0. The minimum atomic E-state index is 0.304. The highest BCUT2D eigenvalue weighted by Gasteiger charge is 2.14. The van der Waals surface area contributed by atoms with Crippen molar-refractivity contribution in [2.75, 3.05) is 0 Å². The summed E-state index contributed by atoms with van der Waals surface area (Å²) in [6, 6.07) is 5.37. The number of benzene rings is 2. The first-order chi connectivity index (χ1) is 12.5. The second-order valence-electron chi connectivity index (χ2n) is 7.39. The normalized spacial score (nSPS) is 10.9. The van der Waals surface area contributed by atoms with Crippen molar-refractivity contribution in [3.8, 4) is 11.5 Å². The van der Waals surface area contributed by atoms with Crippen LogP contribution in [0.15, 0.2) is 18.2 Å². The molecule has 0 saturated heterocycles. The first-order valence-electron chi connectivity index (χ1n) is 9.52. The van der Waals surface area contributed by atoms with Gasteiger partial charge in [0.05, 0.1) is 0 Å². The van der Waals surface area contributed by atoms with Gasteiger partial charge in [-0.3, -0.25) is 0 Å². The van der Waals surface area contributed by atoms with Gasteiger partial charge in [0.25, 0.3) is 0 Å². The molecule has 0 bridgehead atoms. The maximum absolute atomic E-state index is 9.79. The zero-order valence-electron chi connectivity index (χ0n) is 17.5.